The largest absolute Gasteiger partial charge is 0.394 e. The first-order valence-corrected chi connectivity index (χ1v) is 8.33. The highest BCUT2D eigenvalue weighted by atomic mass is 32.2. The highest BCUT2D eigenvalue weighted by Crippen LogP contribution is 2.38. The summed E-state index contributed by atoms with van der Waals surface area (Å²) in [5, 5.41) is 13.9. The zero-order valence-electron chi connectivity index (χ0n) is 12.6. The summed E-state index contributed by atoms with van der Waals surface area (Å²) >= 11 is 1.73. The molecule has 1 aromatic heterocycles. The number of likely N-dealkylation sites (N-methyl/N-ethyl adjacent to an activating group) is 1. The molecule has 1 heterocycles. The second kappa shape index (κ2) is 6.87. The van der Waals surface area contributed by atoms with Crippen molar-refractivity contribution in [3.05, 3.63) is 17.5 Å². The van der Waals surface area contributed by atoms with Gasteiger partial charge in [-0.15, -0.1) is 0 Å². The maximum absolute atomic E-state index is 9.68. The Bertz CT molecular complexity index is 428. The highest BCUT2D eigenvalue weighted by Gasteiger charge is 2.40. The second-order valence-corrected chi connectivity index (χ2v) is 6.79. The van der Waals surface area contributed by atoms with Crippen LogP contribution in [0.3, 0.4) is 0 Å². The number of rotatable bonds is 6. The summed E-state index contributed by atoms with van der Waals surface area (Å²) in [5.41, 5.74) is 1.99. The first kappa shape index (κ1) is 15.7. The number of aliphatic hydroxyl groups excluding tert-OH is 1. The first-order chi connectivity index (χ1) is 9.59. The molecule has 5 heteroatoms. The molecule has 1 fully saturated rings. The zero-order chi connectivity index (χ0) is 14.6. The Morgan fingerprint density at radius 3 is 2.70 bits per heavy atom. The number of nitrogens with zero attached hydrogens (tertiary/aromatic N) is 2. The van der Waals surface area contributed by atoms with Gasteiger partial charge in [0, 0.05) is 22.7 Å². The monoisotopic (exact) mass is 295 g/mol. The molecule has 2 rings (SSSR count). The molecular weight excluding hydrogens is 270 g/mol. The molecule has 0 radical (unpaired) electrons. The molecule has 4 nitrogen and oxygen atoms in total. The molecule has 0 spiro atoms. The second-order valence-electron chi connectivity index (χ2n) is 5.72. The van der Waals surface area contributed by atoms with Crippen LogP contribution in [0.2, 0.25) is 0 Å². The summed E-state index contributed by atoms with van der Waals surface area (Å²) in [7, 11) is 1.97. The van der Waals surface area contributed by atoms with Gasteiger partial charge >= 0.3 is 0 Å². The van der Waals surface area contributed by atoms with Crippen molar-refractivity contribution in [2.45, 2.75) is 50.2 Å². The third-order valence-electron chi connectivity index (χ3n) is 4.40. The summed E-state index contributed by atoms with van der Waals surface area (Å²) in [5.74, 6) is 1.56. The van der Waals surface area contributed by atoms with E-state index in [1.807, 2.05) is 27.0 Å². The van der Waals surface area contributed by atoms with Crippen LogP contribution in [-0.4, -0.2) is 40.0 Å². The van der Waals surface area contributed by atoms with Crippen LogP contribution >= 0.6 is 11.8 Å². The molecule has 2 unspecified atom stereocenters. The van der Waals surface area contributed by atoms with Crippen LogP contribution < -0.4 is 5.32 Å². The van der Waals surface area contributed by atoms with Gasteiger partial charge in [0.2, 0.25) is 0 Å². The van der Waals surface area contributed by atoms with Gasteiger partial charge in [-0.05, 0) is 52.1 Å². The molecule has 2 N–H and O–H groups in total. The van der Waals surface area contributed by atoms with E-state index in [1.54, 1.807) is 11.8 Å². The minimum Gasteiger partial charge on any atom is -0.394 e. The quantitative estimate of drug-likeness (QED) is 0.623. The minimum absolute atomic E-state index is 0.0655. The molecule has 1 aliphatic carbocycles. The lowest BCUT2D eigenvalue weighted by Crippen LogP contribution is -2.49. The average Bonchev–Trinajstić information content (AvgIpc) is 2.81. The van der Waals surface area contributed by atoms with Crippen LogP contribution in [0.15, 0.2) is 11.2 Å². The van der Waals surface area contributed by atoms with Crippen LogP contribution in [0.4, 0.5) is 0 Å². The molecule has 1 saturated carbocycles. The van der Waals surface area contributed by atoms with Crippen LogP contribution in [0.5, 0.6) is 0 Å². The fourth-order valence-electron chi connectivity index (χ4n) is 3.23. The Labute approximate surface area is 125 Å². The van der Waals surface area contributed by atoms with E-state index < -0.39 is 0 Å². The SMILES string of the molecule is CNC1(CO)CCCC1CCSc1nc(C)cc(C)n1. The van der Waals surface area contributed by atoms with E-state index in [9.17, 15) is 5.11 Å². The molecule has 1 aliphatic rings. The predicted octanol–water partition coefficient (Wildman–Crippen LogP) is 2.33. The van der Waals surface area contributed by atoms with Crippen molar-refractivity contribution >= 4 is 11.8 Å². The van der Waals surface area contributed by atoms with Gasteiger partial charge in [0.1, 0.15) is 0 Å². The molecule has 0 saturated heterocycles. The third-order valence-corrected chi connectivity index (χ3v) is 5.28. The first-order valence-electron chi connectivity index (χ1n) is 7.34. The number of aryl methyl sites for hydroxylation is 2. The lowest BCUT2D eigenvalue weighted by molar-refractivity contribution is 0.130. The lowest BCUT2D eigenvalue weighted by atomic mass is 9.86. The standard InChI is InChI=1S/C15H25N3OS/c1-11-9-12(2)18-14(17-11)20-8-6-13-5-4-7-15(13,10-19)16-3/h9,13,16,19H,4-8,10H2,1-3H3. The molecule has 20 heavy (non-hydrogen) atoms. The summed E-state index contributed by atoms with van der Waals surface area (Å²) in [6.45, 7) is 4.25. The smallest absolute Gasteiger partial charge is 0.187 e. The van der Waals surface area contributed by atoms with E-state index in [2.05, 4.69) is 15.3 Å². The molecule has 0 bridgehead atoms. The van der Waals surface area contributed by atoms with Gasteiger partial charge in [-0.2, -0.15) is 0 Å². The van der Waals surface area contributed by atoms with Crippen molar-refractivity contribution in [2.24, 2.45) is 5.92 Å². The van der Waals surface area contributed by atoms with Crippen molar-refractivity contribution in [3.8, 4) is 0 Å². The molecule has 112 valence electrons. The number of hydrogen-bond acceptors (Lipinski definition) is 5. The van der Waals surface area contributed by atoms with Crippen molar-refractivity contribution in [3.63, 3.8) is 0 Å². The number of hydrogen-bond donors (Lipinski definition) is 2. The van der Waals surface area contributed by atoms with Gasteiger partial charge in [-0.3, -0.25) is 0 Å². The number of nitrogens with one attached hydrogen (secondary N) is 1. The van der Waals surface area contributed by atoms with Gasteiger partial charge in [-0.1, -0.05) is 18.2 Å². The molecular formula is C15H25N3OS. The number of aliphatic hydroxyl groups is 1. The number of aromatic nitrogens is 2. The van der Waals surface area contributed by atoms with Crippen molar-refractivity contribution in [2.75, 3.05) is 19.4 Å². The zero-order valence-corrected chi connectivity index (χ0v) is 13.5. The van der Waals surface area contributed by atoms with E-state index in [0.717, 1.165) is 35.1 Å². The van der Waals surface area contributed by atoms with Crippen LogP contribution in [-0.2, 0) is 0 Å². The predicted molar refractivity (Wildman–Crippen MR) is 83.1 cm³/mol. The van der Waals surface area contributed by atoms with E-state index in [-0.39, 0.29) is 12.1 Å². The van der Waals surface area contributed by atoms with E-state index in [4.69, 9.17) is 0 Å². The molecule has 0 aliphatic heterocycles. The van der Waals surface area contributed by atoms with Crippen molar-refractivity contribution in [1.29, 1.82) is 0 Å². The van der Waals surface area contributed by atoms with E-state index in [1.165, 1.54) is 12.8 Å². The third kappa shape index (κ3) is 3.51. The molecule has 0 amide bonds. The maximum Gasteiger partial charge on any atom is 0.187 e. The normalized spacial score (nSPS) is 26.1. The average molecular weight is 295 g/mol. The van der Waals surface area contributed by atoms with Gasteiger partial charge in [0.25, 0.3) is 0 Å². The van der Waals surface area contributed by atoms with Gasteiger partial charge in [0.15, 0.2) is 5.16 Å². The van der Waals surface area contributed by atoms with Crippen molar-refractivity contribution in [1.82, 2.24) is 15.3 Å². The van der Waals surface area contributed by atoms with Gasteiger partial charge < -0.3 is 10.4 Å². The Morgan fingerprint density at radius 1 is 1.40 bits per heavy atom. The van der Waals surface area contributed by atoms with Crippen LogP contribution in [0.25, 0.3) is 0 Å². The van der Waals surface area contributed by atoms with Gasteiger partial charge in [-0.25, -0.2) is 9.97 Å². The number of thioether (sulfide) groups is 1. The van der Waals surface area contributed by atoms with Gasteiger partial charge in [0.05, 0.1) is 6.61 Å². The van der Waals surface area contributed by atoms with E-state index >= 15 is 0 Å². The molecule has 0 aromatic carbocycles. The van der Waals surface area contributed by atoms with Crippen LogP contribution in [0.1, 0.15) is 37.1 Å². The summed E-state index contributed by atoms with van der Waals surface area (Å²) in [4.78, 5) is 8.92. The van der Waals surface area contributed by atoms with Crippen molar-refractivity contribution < 1.29 is 5.11 Å². The fraction of sp³-hybridized carbons (Fsp3) is 0.733. The summed E-state index contributed by atoms with van der Waals surface area (Å²) < 4.78 is 0. The Balaban J connectivity index is 1.89. The Kier molecular flexibility index (Phi) is 5.41. The van der Waals surface area contributed by atoms with Crippen LogP contribution in [0, 0.1) is 19.8 Å². The maximum atomic E-state index is 9.68. The summed E-state index contributed by atoms with van der Waals surface area (Å²) in [6, 6.07) is 2.00. The Morgan fingerprint density at radius 2 is 2.10 bits per heavy atom. The lowest BCUT2D eigenvalue weighted by Gasteiger charge is -2.33. The Hall–Kier alpha value is -0.650. The minimum atomic E-state index is -0.0655. The topological polar surface area (TPSA) is 58.0 Å². The highest BCUT2D eigenvalue weighted by molar-refractivity contribution is 7.99. The molecule has 1 aromatic rings. The van der Waals surface area contributed by atoms with E-state index in [0.29, 0.717) is 5.92 Å². The summed E-state index contributed by atoms with van der Waals surface area (Å²) in [6.07, 6.45) is 4.59. The molecule has 2 atom stereocenters. The fourth-order valence-corrected chi connectivity index (χ4v) is 4.23.